The lowest BCUT2D eigenvalue weighted by atomic mass is 10.3. The van der Waals surface area contributed by atoms with E-state index in [1.54, 1.807) is 18.2 Å². The number of rotatable bonds is 6. The summed E-state index contributed by atoms with van der Waals surface area (Å²) in [7, 11) is 0. The van der Waals surface area contributed by atoms with Crippen molar-refractivity contribution in [1.82, 2.24) is 10.2 Å². The van der Waals surface area contributed by atoms with Gasteiger partial charge in [0, 0.05) is 0 Å². The van der Waals surface area contributed by atoms with Gasteiger partial charge in [-0.2, -0.15) is 0 Å². The molecule has 0 saturated carbocycles. The molecule has 2 N–H and O–H groups in total. The van der Waals surface area contributed by atoms with E-state index < -0.39 is 0 Å². The number of aromatic nitrogens is 2. The first-order valence-corrected chi connectivity index (χ1v) is 8.31. The minimum atomic E-state index is -0.193. The van der Waals surface area contributed by atoms with Crippen LogP contribution in [0, 0.1) is 0 Å². The molecule has 0 bridgehead atoms. The standard InChI is InChI=1S/C17H16N4O2S/c1-2-23-13-7-4-3-6-12(13)18-15-9-10-16(21-20-15)19-17(22)14-8-5-11-24-14/h3-11H,2H2,1H3,(H,18,20)(H,19,21,22). The maximum Gasteiger partial charge on any atom is 0.266 e. The minimum Gasteiger partial charge on any atom is -0.492 e. The Bertz CT molecular complexity index is 804. The number of carbonyl (C=O) groups is 1. The van der Waals surface area contributed by atoms with Crippen molar-refractivity contribution >= 4 is 34.6 Å². The van der Waals surface area contributed by atoms with Crippen molar-refractivity contribution in [3.05, 3.63) is 58.8 Å². The average Bonchev–Trinajstić information content (AvgIpc) is 3.13. The molecule has 0 saturated heterocycles. The number of nitrogens with zero attached hydrogens (tertiary/aromatic N) is 2. The molecule has 122 valence electrons. The number of thiophene rings is 1. The fourth-order valence-electron chi connectivity index (χ4n) is 2.04. The van der Waals surface area contributed by atoms with Crippen LogP contribution in [0.4, 0.5) is 17.3 Å². The fraction of sp³-hybridized carbons (Fsp3) is 0.118. The normalized spacial score (nSPS) is 10.2. The number of amides is 1. The molecule has 2 aromatic heterocycles. The summed E-state index contributed by atoms with van der Waals surface area (Å²) in [5, 5.41) is 15.8. The molecule has 1 aromatic carbocycles. The lowest BCUT2D eigenvalue weighted by Gasteiger charge is -2.11. The maximum atomic E-state index is 12.0. The van der Waals surface area contributed by atoms with Crippen LogP contribution in [-0.2, 0) is 0 Å². The number of hydrogen-bond acceptors (Lipinski definition) is 6. The number of hydrogen-bond donors (Lipinski definition) is 2. The molecule has 24 heavy (non-hydrogen) atoms. The first kappa shape index (κ1) is 15.9. The second-order valence-electron chi connectivity index (χ2n) is 4.79. The van der Waals surface area contributed by atoms with Crippen LogP contribution in [0.2, 0.25) is 0 Å². The van der Waals surface area contributed by atoms with E-state index in [4.69, 9.17) is 4.74 Å². The van der Waals surface area contributed by atoms with Gasteiger partial charge in [0.1, 0.15) is 5.75 Å². The van der Waals surface area contributed by atoms with Gasteiger partial charge in [-0.1, -0.05) is 18.2 Å². The molecule has 0 fully saturated rings. The zero-order valence-electron chi connectivity index (χ0n) is 13.0. The van der Waals surface area contributed by atoms with Gasteiger partial charge in [0.25, 0.3) is 5.91 Å². The number of anilines is 3. The fourth-order valence-corrected chi connectivity index (χ4v) is 2.66. The third-order valence-corrected chi connectivity index (χ3v) is 3.97. The van der Waals surface area contributed by atoms with E-state index in [1.807, 2.05) is 42.6 Å². The number of ether oxygens (including phenoxy) is 1. The van der Waals surface area contributed by atoms with Gasteiger partial charge in [-0.3, -0.25) is 4.79 Å². The quantitative estimate of drug-likeness (QED) is 0.711. The molecule has 0 atom stereocenters. The predicted octanol–water partition coefficient (Wildman–Crippen LogP) is 3.93. The number of nitrogens with one attached hydrogen (secondary N) is 2. The van der Waals surface area contributed by atoms with Crippen LogP contribution in [0.15, 0.2) is 53.9 Å². The Morgan fingerprint density at radius 2 is 1.88 bits per heavy atom. The van der Waals surface area contributed by atoms with Crippen molar-refractivity contribution in [2.75, 3.05) is 17.2 Å². The molecule has 0 aliphatic heterocycles. The highest BCUT2D eigenvalue weighted by Gasteiger charge is 2.08. The molecule has 3 aromatic rings. The van der Waals surface area contributed by atoms with E-state index in [-0.39, 0.29) is 5.91 Å². The van der Waals surface area contributed by atoms with E-state index >= 15 is 0 Å². The molecule has 0 radical (unpaired) electrons. The van der Waals surface area contributed by atoms with Gasteiger partial charge in [0.05, 0.1) is 17.2 Å². The van der Waals surface area contributed by atoms with Gasteiger partial charge in [-0.15, -0.1) is 21.5 Å². The highest BCUT2D eigenvalue weighted by Crippen LogP contribution is 2.26. The monoisotopic (exact) mass is 340 g/mol. The summed E-state index contributed by atoms with van der Waals surface area (Å²) in [4.78, 5) is 12.6. The molecule has 7 heteroatoms. The predicted molar refractivity (Wildman–Crippen MR) is 95.2 cm³/mol. The Kier molecular flexibility index (Phi) is 5.02. The molecule has 1 amide bonds. The first-order valence-electron chi connectivity index (χ1n) is 7.43. The molecule has 3 rings (SSSR count). The molecular weight excluding hydrogens is 324 g/mol. The second kappa shape index (κ2) is 7.56. The van der Waals surface area contributed by atoms with Crippen LogP contribution < -0.4 is 15.4 Å². The summed E-state index contributed by atoms with van der Waals surface area (Å²) in [6.45, 7) is 2.51. The summed E-state index contributed by atoms with van der Waals surface area (Å²) in [5.41, 5.74) is 0.809. The van der Waals surface area contributed by atoms with Crippen LogP contribution in [0.25, 0.3) is 0 Å². The highest BCUT2D eigenvalue weighted by atomic mass is 32.1. The zero-order chi connectivity index (χ0) is 16.8. The lowest BCUT2D eigenvalue weighted by molar-refractivity contribution is 0.103. The molecule has 0 spiro atoms. The minimum absolute atomic E-state index is 0.193. The number of para-hydroxylation sites is 2. The van der Waals surface area contributed by atoms with Crippen molar-refractivity contribution in [3.8, 4) is 5.75 Å². The van der Waals surface area contributed by atoms with Crippen molar-refractivity contribution in [3.63, 3.8) is 0 Å². The van der Waals surface area contributed by atoms with Crippen molar-refractivity contribution in [2.45, 2.75) is 6.92 Å². The van der Waals surface area contributed by atoms with Gasteiger partial charge in [-0.05, 0) is 42.6 Å². The Hall–Kier alpha value is -2.93. The first-order chi connectivity index (χ1) is 11.8. The van der Waals surface area contributed by atoms with Crippen molar-refractivity contribution < 1.29 is 9.53 Å². The summed E-state index contributed by atoms with van der Waals surface area (Å²) >= 11 is 1.37. The van der Waals surface area contributed by atoms with Crippen LogP contribution in [0.5, 0.6) is 5.75 Å². The Morgan fingerprint density at radius 1 is 1.08 bits per heavy atom. The van der Waals surface area contributed by atoms with E-state index in [0.29, 0.717) is 23.1 Å². The van der Waals surface area contributed by atoms with Gasteiger partial charge in [-0.25, -0.2) is 0 Å². The molecule has 2 heterocycles. The summed E-state index contributed by atoms with van der Waals surface area (Å²) < 4.78 is 5.56. The van der Waals surface area contributed by atoms with Crippen molar-refractivity contribution in [2.24, 2.45) is 0 Å². The van der Waals surface area contributed by atoms with Crippen LogP contribution in [-0.4, -0.2) is 22.7 Å². The van der Waals surface area contributed by atoms with Gasteiger partial charge >= 0.3 is 0 Å². The van der Waals surface area contributed by atoms with E-state index in [9.17, 15) is 4.79 Å². The molecule has 6 nitrogen and oxygen atoms in total. The average molecular weight is 340 g/mol. The van der Waals surface area contributed by atoms with E-state index in [2.05, 4.69) is 20.8 Å². The Balaban J connectivity index is 1.68. The third-order valence-electron chi connectivity index (χ3n) is 3.10. The lowest BCUT2D eigenvalue weighted by Crippen LogP contribution is -2.12. The number of benzene rings is 1. The molecule has 0 unspecified atom stereocenters. The summed E-state index contributed by atoms with van der Waals surface area (Å²) in [5.74, 6) is 1.52. The second-order valence-corrected chi connectivity index (χ2v) is 5.74. The van der Waals surface area contributed by atoms with Crippen LogP contribution >= 0.6 is 11.3 Å². The Morgan fingerprint density at radius 3 is 2.58 bits per heavy atom. The summed E-state index contributed by atoms with van der Waals surface area (Å²) in [6, 6.07) is 14.6. The van der Waals surface area contributed by atoms with Gasteiger partial charge in [0.15, 0.2) is 11.6 Å². The van der Waals surface area contributed by atoms with Crippen LogP contribution in [0.3, 0.4) is 0 Å². The smallest absolute Gasteiger partial charge is 0.266 e. The van der Waals surface area contributed by atoms with Crippen molar-refractivity contribution in [1.29, 1.82) is 0 Å². The third kappa shape index (κ3) is 3.88. The maximum absolute atomic E-state index is 12.0. The zero-order valence-corrected chi connectivity index (χ0v) is 13.8. The van der Waals surface area contributed by atoms with Gasteiger partial charge < -0.3 is 15.4 Å². The Labute approximate surface area is 143 Å². The van der Waals surface area contributed by atoms with Gasteiger partial charge in [0.2, 0.25) is 0 Å². The highest BCUT2D eigenvalue weighted by molar-refractivity contribution is 7.12. The summed E-state index contributed by atoms with van der Waals surface area (Å²) in [6.07, 6.45) is 0. The van der Waals surface area contributed by atoms with Crippen LogP contribution in [0.1, 0.15) is 16.6 Å². The SMILES string of the molecule is CCOc1ccccc1Nc1ccc(NC(=O)c2cccs2)nn1. The topological polar surface area (TPSA) is 76.1 Å². The largest absolute Gasteiger partial charge is 0.492 e. The molecule has 0 aliphatic carbocycles. The van der Waals surface area contributed by atoms with E-state index in [0.717, 1.165) is 11.4 Å². The van der Waals surface area contributed by atoms with E-state index in [1.165, 1.54) is 11.3 Å². The molecular formula is C17H16N4O2S. The molecule has 0 aliphatic rings. The number of carbonyl (C=O) groups excluding carboxylic acids is 1.